The number of carbonyl (C=O) groups is 1. The number of nitrogens with one attached hydrogen (secondary N) is 1. The van der Waals surface area contributed by atoms with Gasteiger partial charge in [-0.25, -0.2) is 9.37 Å². The predicted octanol–water partition coefficient (Wildman–Crippen LogP) is 5.55. The number of nitrogens with zero attached hydrogens (tertiary/aromatic N) is 2. The van der Waals surface area contributed by atoms with Crippen molar-refractivity contribution >= 4 is 16.9 Å². The third kappa shape index (κ3) is 5.86. The van der Waals surface area contributed by atoms with Crippen LogP contribution < -0.4 is 4.74 Å². The van der Waals surface area contributed by atoms with Crippen LogP contribution in [0.4, 0.5) is 4.39 Å². The SMILES string of the molecule is CCC1CC(C)CC(CC(C)(C)O)N1C(=O)CC(C)c1c[nH]c2ncc(OC(C)C)c(F)c12. The van der Waals surface area contributed by atoms with Gasteiger partial charge in [0.2, 0.25) is 5.91 Å². The Morgan fingerprint density at radius 3 is 2.61 bits per heavy atom. The Morgan fingerprint density at radius 1 is 1.33 bits per heavy atom. The maximum absolute atomic E-state index is 15.3. The lowest BCUT2D eigenvalue weighted by atomic mass is 9.81. The van der Waals surface area contributed by atoms with Crippen LogP contribution in [0.3, 0.4) is 0 Å². The van der Waals surface area contributed by atoms with Crippen molar-refractivity contribution < 1.29 is 19.0 Å². The zero-order valence-electron chi connectivity index (χ0n) is 21.1. The molecule has 2 aromatic heterocycles. The van der Waals surface area contributed by atoms with E-state index in [9.17, 15) is 9.90 Å². The summed E-state index contributed by atoms with van der Waals surface area (Å²) in [6, 6.07) is 0.166. The second-order valence-corrected chi connectivity index (χ2v) is 10.8. The molecule has 3 heterocycles. The number of rotatable bonds is 8. The summed E-state index contributed by atoms with van der Waals surface area (Å²) >= 11 is 0. The lowest BCUT2D eigenvalue weighted by Gasteiger charge is -2.46. The van der Waals surface area contributed by atoms with Gasteiger partial charge in [0.05, 0.1) is 23.3 Å². The number of aromatic amines is 1. The van der Waals surface area contributed by atoms with Crippen molar-refractivity contribution in [2.24, 2.45) is 5.92 Å². The van der Waals surface area contributed by atoms with Crippen molar-refractivity contribution in [3.05, 3.63) is 23.8 Å². The molecule has 6 nitrogen and oxygen atoms in total. The highest BCUT2D eigenvalue weighted by Crippen LogP contribution is 2.37. The first-order chi connectivity index (χ1) is 15.4. The molecule has 0 spiro atoms. The van der Waals surface area contributed by atoms with Gasteiger partial charge >= 0.3 is 0 Å². The number of aliphatic hydroxyl groups is 1. The summed E-state index contributed by atoms with van der Waals surface area (Å²) in [6.45, 7) is 13.6. The van der Waals surface area contributed by atoms with Gasteiger partial charge < -0.3 is 19.7 Å². The number of hydrogen-bond acceptors (Lipinski definition) is 4. The molecule has 1 aliphatic heterocycles. The van der Waals surface area contributed by atoms with E-state index >= 15 is 4.39 Å². The Bertz CT molecular complexity index is 966. The van der Waals surface area contributed by atoms with E-state index in [4.69, 9.17) is 4.74 Å². The van der Waals surface area contributed by atoms with E-state index in [2.05, 4.69) is 23.8 Å². The van der Waals surface area contributed by atoms with E-state index in [1.165, 1.54) is 6.20 Å². The molecule has 7 heteroatoms. The first-order valence-corrected chi connectivity index (χ1v) is 12.3. The second kappa shape index (κ2) is 10.00. The zero-order chi connectivity index (χ0) is 24.5. The highest BCUT2D eigenvalue weighted by molar-refractivity contribution is 5.84. The van der Waals surface area contributed by atoms with Gasteiger partial charge in [-0.15, -0.1) is 0 Å². The normalized spacial score (nSPS) is 22.7. The molecule has 2 aromatic rings. The summed E-state index contributed by atoms with van der Waals surface area (Å²) in [5.74, 6) is 0.0572. The van der Waals surface area contributed by atoms with E-state index in [-0.39, 0.29) is 42.2 Å². The second-order valence-electron chi connectivity index (χ2n) is 10.8. The molecule has 1 fully saturated rings. The highest BCUT2D eigenvalue weighted by atomic mass is 19.1. The van der Waals surface area contributed by atoms with Crippen LogP contribution in [0, 0.1) is 11.7 Å². The summed E-state index contributed by atoms with van der Waals surface area (Å²) < 4.78 is 20.9. The van der Waals surface area contributed by atoms with Crippen molar-refractivity contribution in [2.75, 3.05) is 0 Å². The summed E-state index contributed by atoms with van der Waals surface area (Å²) in [6.07, 6.45) is 6.55. The third-order valence-corrected chi connectivity index (χ3v) is 6.64. The summed E-state index contributed by atoms with van der Waals surface area (Å²) in [5.41, 5.74) is 0.342. The average molecular weight is 462 g/mol. The van der Waals surface area contributed by atoms with Crippen LogP contribution in [0.15, 0.2) is 12.4 Å². The topological polar surface area (TPSA) is 78.5 Å². The summed E-state index contributed by atoms with van der Waals surface area (Å²) in [4.78, 5) is 23.0. The average Bonchev–Trinajstić information content (AvgIpc) is 3.13. The van der Waals surface area contributed by atoms with Crippen molar-refractivity contribution in [1.29, 1.82) is 0 Å². The fraction of sp³-hybridized carbons (Fsp3) is 0.692. The van der Waals surface area contributed by atoms with Crippen LogP contribution in [-0.4, -0.2) is 49.7 Å². The Morgan fingerprint density at radius 2 is 2.00 bits per heavy atom. The highest BCUT2D eigenvalue weighted by Gasteiger charge is 2.38. The van der Waals surface area contributed by atoms with Crippen molar-refractivity contribution in [3.63, 3.8) is 0 Å². The van der Waals surface area contributed by atoms with Gasteiger partial charge in [-0.05, 0) is 70.8 Å². The standard InChI is InChI=1S/C26H40FN3O3/c1-8-18-9-16(4)10-19(12-26(6,7)32)30(18)22(31)11-17(5)20-13-28-25-23(20)24(27)21(14-29-25)33-15(2)3/h13-19,32H,8-12H2,1-7H3,(H,28,29). The molecular formula is C26H40FN3O3. The van der Waals surface area contributed by atoms with Crippen molar-refractivity contribution in [1.82, 2.24) is 14.9 Å². The van der Waals surface area contributed by atoms with Gasteiger partial charge in [0.25, 0.3) is 0 Å². The molecule has 0 radical (unpaired) electrons. The first kappa shape index (κ1) is 25.5. The number of H-pyrrole nitrogens is 1. The molecular weight excluding hydrogens is 421 g/mol. The Hall–Kier alpha value is -2.15. The van der Waals surface area contributed by atoms with Crippen LogP contribution in [0.1, 0.15) is 92.1 Å². The number of carbonyl (C=O) groups excluding carboxylic acids is 1. The molecule has 4 unspecified atom stereocenters. The van der Waals surface area contributed by atoms with Crippen molar-refractivity contribution in [2.45, 2.75) is 110 Å². The fourth-order valence-corrected chi connectivity index (χ4v) is 5.34. The van der Waals surface area contributed by atoms with Gasteiger partial charge in [-0.3, -0.25) is 4.79 Å². The minimum atomic E-state index is -0.845. The quantitative estimate of drug-likeness (QED) is 0.540. The van der Waals surface area contributed by atoms with Gasteiger partial charge in [-0.1, -0.05) is 20.8 Å². The minimum absolute atomic E-state index is 0.00539. The fourth-order valence-electron chi connectivity index (χ4n) is 5.34. The molecule has 1 amide bonds. The van der Waals surface area contributed by atoms with Crippen LogP contribution in [-0.2, 0) is 4.79 Å². The molecule has 1 saturated heterocycles. The number of likely N-dealkylation sites (tertiary alicyclic amines) is 1. The molecule has 0 bridgehead atoms. The summed E-state index contributed by atoms with van der Waals surface area (Å²) in [5, 5.41) is 10.9. The smallest absolute Gasteiger partial charge is 0.223 e. The van der Waals surface area contributed by atoms with Crippen LogP contribution in [0.25, 0.3) is 11.0 Å². The molecule has 33 heavy (non-hydrogen) atoms. The maximum Gasteiger partial charge on any atom is 0.223 e. The van der Waals surface area contributed by atoms with Crippen LogP contribution in [0.2, 0.25) is 0 Å². The maximum atomic E-state index is 15.3. The summed E-state index contributed by atoms with van der Waals surface area (Å²) in [7, 11) is 0. The number of halogens is 1. The molecule has 4 atom stereocenters. The van der Waals surface area contributed by atoms with Gasteiger partial charge in [0.1, 0.15) is 5.65 Å². The number of hydrogen-bond donors (Lipinski definition) is 2. The van der Waals surface area contributed by atoms with Crippen molar-refractivity contribution in [3.8, 4) is 5.75 Å². The molecule has 3 rings (SSSR count). The number of aromatic nitrogens is 2. The number of amides is 1. The first-order valence-electron chi connectivity index (χ1n) is 12.3. The molecule has 0 aromatic carbocycles. The Balaban J connectivity index is 1.87. The Kier molecular flexibility index (Phi) is 7.72. The number of ether oxygens (including phenoxy) is 1. The van der Waals surface area contributed by atoms with Gasteiger partial charge in [0, 0.05) is 24.7 Å². The predicted molar refractivity (Wildman–Crippen MR) is 129 cm³/mol. The monoisotopic (exact) mass is 461 g/mol. The van der Waals surface area contributed by atoms with E-state index in [1.54, 1.807) is 20.0 Å². The van der Waals surface area contributed by atoms with E-state index in [0.29, 0.717) is 23.4 Å². The molecule has 0 aliphatic carbocycles. The van der Waals surface area contributed by atoms with Crippen LogP contribution in [0.5, 0.6) is 5.75 Å². The zero-order valence-corrected chi connectivity index (χ0v) is 21.1. The third-order valence-electron chi connectivity index (χ3n) is 6.64. The van der Waals surface area contributed by atoms with E-state index in [1.807, 2.05) is 25.7 Å². The lowest BCUT2D eigenvalue weighted by Crippen LogP contribution is -2.53. The largest absolute Gasteiger partial charge is 0.486 e. The molecule has 1 aliphatic rings. The number of piperidine rings is 1. The molecule has 2 N–H and O–H groups in total. The van der Waals surface area contributed by atoms with Gasteiger partial charge in [-0.2, -0.15) is 0 Å². The van der Waals surface area contributed by atoms with E-state index in [0.717, 1.165) is 24.8 Å². The minimum Gasteiger partial charge on any atom is -0.486 e. The van der Waals surface area contributed by atoms with E-state index < -0.39 is 11.4 Å². The number of pyridine rings is 1. The van der Waals surface area contributed by atoms with Gasteiger partial charge in [0.15, 0.2) is 11.6 Å². The molecule has 0 saturated carbocycles. The lowest BCUT2D eigenvalue weighted by molar-refractivity contribution is -0.141. The molecule has 184 valence electrons. The Labute approximate surface area is 196 Å². The number of fused-ring (bicyclic) bond motifs is 1. The van der Waals surface area contributed by atoms with Crippen LogP contribution >= 0.6 is 0 Å².